The summed E-state index contributed by atoms with van der Waals surface area (Å²) in [6.45, 7) is 0. The van der Waals surface area contributed by atoms with E-state index in [1.54, 1.807) is 38.4 Å². The SMILES string of the molecule is COc1ccccc1N(C)C(=O)c1ccc(N)cc1Cl. The molecule has 0 aliphatic rings. The minimum absolute atomic E-state index is 0.223. The lowest BCUT2D eigenvalue weighted by Crippen LogP contribution is -2.26. The van der Waals surface area contributed by atoms with Gasteiger partial charge in [-0.2, -0.15) is 0 Å². The Morgan fingerprint density at radius 1 is 1.25 bits per heavy atom. The van der Waals surface area contributed by atoms with Gasteiger partial charge in [-0.25, -0.2) is 0 Å². The van der Waals surface area contributed by atoms with Crippen LogP contribution in [0, 0.1) is 0 Å². The van der Waals surface area contributed by atoms with Gasteiger partial charge in [-0.05, 0) is 30.3 Å². The van der Waals surface area contributed by atoms with Gasteiger partial charge in [0.15, 0.2) is 0 Å². The third-order valence-corrected chi connectivity index (χ3v) is 3.29. The van der Waals surface area contributed by atoms with Gasteiger partial charge in [-0.1, -0.05) is 23.7 Å². The van der Waals surface area contributed by atoms with Crippen molar-refractivity contribution < 1.29 is 9.53 Å². The quantitative estimate of drug-likeness (QED) is 0.883. The second-order valence-electron chi connectivity index (χ2n) is 4.28. The summed E-state index contributed by atoms with van der Waals surface area (Å²) in [4.78, 5) is 14.0. The molecule has 0 atom stereocenters. The van der Waals surface area contributed by atoms with E-state index in [2.05, 4.69) is 0 Å². The fraction of sp³-hybridized carbons (Fsp3) is 0.133. The Morgan fingerprint density at radius 3 is 2.60 bits per heavy atom. The Labute approximate surface area is 122 Å². The van der Waals surface area contributed by atoms with E-state index in [0.717, 1.165) is 0 Å². The molecule has 0 aliphatic carbocycles. The zero-order chi connectivity index (χ0) is 14.7. The molecule has 5 heteroatoms. The van der Waals surface area contributed by atoms with Gasteiger partial charge >= 0.3 is 0 Å². The topological polar surface area (TPSA) is 55.6 Å². The van der Waals surface area contributed by atoms with Crippen LogP contribution in [0.3, 0.4) is 0 Å². The van der Waals surface area contributed by atoms with Crippen molar-refractivity contribution in [2.45, 2.75) is 0 Å². The van der Waals surface area contributed by atoms with Crippen molar-refractivity contribution in [1.29, 1.82) is 0 Å². The Kier molecular flexibility index (Phi) is 4.15. The van der Waals surface area contributed by atoms with E-state index in [1.807, 2.05) is 18.2 Å². The number of ether oxygens (including phenoxy) is 1. The van der Waals surface area contributed by atoms with E-state index in [1.165, 1.54) is 4.90 Å². The van der Waals surface area contributed by atoms with Gasteiger partial charge in [-0.3, -0.25) is 4.79 Å². The van der Waals surface area contributed by atoms with Crippen molar-refractivity contribution in [3.8, 4) is 5.75 Å². The third-order valence-electron chi connectivity index (χ3n) is 2.97. The molecule has 1 amide bonds. The highest BCUT2D eigenvalue weighted by Crippen LogP contribution is 2.29. The number of carbonyl (C=O) groups excluding carboxylic acids is 1. The predicted molar refractivity (Wildman–Crippen MR) is 81.6 cm³/mol. The molecule has 0 aromatic heterocycles. The number of nitrogens with two attached hydrogens (primary N) is 1. The van der Waals surface area contributed by atoms with Gasteiger partial charge in [-0.15, -0.1) is 0 Å². The summed E-state index contributed by atoms with van der Waals surface area (Å²) in [6, 6.07) is 12.1. The number of para-hydroxylation sites is 2. The number of rotatable bonds is 3. The number of halogens is 1. The molecule has 0 radical (unpaired) electrons. The summed E-state index contributed by atoms with van der Waals surface area (Å²) in [6.07, 6.45) is 0. The average Bonchev–Trinajstić information content (AvgIpc) is 2.45. The highest BCUT2D eigenvalue weighted by atomic mass is 35.5. The molecule has 2 N–H and O–H groups in total. The first-order valence-corrected chi connectivity index (χ1v) is 6.38. The first-order valence-electron chi connectivity index (χ1n) is 6.00. The van der Waals surface area contributed by atoms with Crippen LogP contribution in [0.5, 0.6) is 5.75 Å². The molecule has 2 rings (SSSR count). The van der Waals surface area contributed by atoms with Crippen LogP contribution in [0.1, 0.15) is 10.4 Å². The van der Waals surface area contributed by atoms with Crippen molar-refractivity contribution >= 4 is 28.9 Å². The normalized spacial score (nSPS) is 10.2. The number of hydrogen-bond donors (Lipinski definition) is 1. The van der Waals surface area contributed by atoms with E-state index >= 15 is 0 Å². The van der Waals surface area contributed by atoms with Crippen LogP contribution >= 0.6 is 11.6 Å². The average molecular weight is 291 g/mol. The molecule has 104 valence electrons. The van der Waals surface area contributed by atoms with Crippen LogP contribution in [0.4, 0.5) is 11.4 Å². The maximum Gasteiger partial charge on any atom is 0.259 e. The Morgan fingerprint density at radius 2 is 1.95 bits per heavy atom. The number of hydrogen-bond acceptors (Lipinski definition) is 3. The lowest BCUT2D eigenvalue weighted by atomic mass is 10.1. The largest absolute Gasteiger partial charge is 0.495 e. The molecule has 0 saturated carbocycles. The molecule has 2 aromatic carbocycles. The summed E-state index contributed by atoms with van der Waals surface area (Å²) < 4.78 is 5.25. The number of amides is 1. The molecular formula is C15H15ClN2O2. The van der Waals surface area contributed by atoms with Crippen molar-refractivity contribution in [1.82, 2.24) is 0 Å². The number of benzene rings is 2. The molecule has 4 nitrogen and oxygen atoms in total. The standard InChI is InChI=1S/C15H15ClN2O2/c1-18(13-5-3-4-6-14(13)20-2)15(19)11-8-7-10(17)9-12(11)16/h3-9H,17H2,1-2H3. The monoisotopic (exact) mass is 290 g/mol. The molecule has 20 heavy (non-hydrogen) atoms. The van der Waals surface area contributed by atoms with Gasteiger partial charge in [0.05, 0.1) is 23.4 Å². The second kappa shape index (κ2) is 5.84. The molecule has 0 heterocycles. The summed E-state index contributed by atoms with van der Waals surface area (Å²) in [5.74, 6) is 0.398. The summed E-state index contributed by atoms with van der Waals surface area (Å²) in [5.41, 5.74) is 7.22. The highest BCUT2D eigenvalue weighted by molar-refractivity contribution is 6.34. The summed E-state index contributed by atoms with van der Waals surface area (Å²) in [5, 5.41) is 0.330. The summed E-state index contributed by atoms with van der Waals surface area (Å²) >= 11 is 6.07. The number of carbonyl (C=O) groups is 1. The number of nitrogens with zero attached hydrogens (tertiary/aromatic N) is 1. The maximum absolute atomic E-state index is 12.5. The highest BCUT2D eigenvalue weighted by Gasteiger charge is 2.19. The fourth-order valence-electron chi connectivity index (χ4n) is 1.90. The zero-order valence-electron chi connectivity index (χ0n) is 11.3. The Hall–Kier alpha value is -2.20. The molecule has 0 spiro atoms. The molecule has 2 aromatic rings. The van der Waals surface area contributed by atoms with Crippen molar-refractivity contribution in [3.05, 3.63) is 53.1 Å². The van der Waals surface area contributed by atoms with E-state index < -0.39 is 0 Å². The van der Waals surface area contributed by atoms with Crippen LogP contribution in [0.15, 0.2) is 42.5 Å². The zero-order valence-corrected chi connectivity index (χ0v) is 12.0. The van der Waals surface area contributed by atoms with E-state index in [4.69, 9.17) is 22.1 Å². The van der Waals surface area contributed by atoms with Crippen LogP contribution in [0.25, 0.3) is 0 Å². The molecule has 0 saturated heterocycles. The Balaban J connectivity index is 2.37. The number of nitrogen functional groups attached to an aromatic ring is 1. The van der Waals surface area contributed by atoms with Crippen LogP contribution in [-0.2, 0) is 0 Å². The van der Waals surface area contributed by atoms with Crippen molar-refractivity contribution in [2.75, 3.05) is 24.8 Å². The van der Waals surface area contributed by atoms with Crippen LogP contribution < -0.4 is 15.4 Å². The molecule has 0 aliphatic heterocycles. The Bertz CT molecular complexity index is 644. The molecule has 0 fully saturated rings. The lowest BCUT2D eigenvalue weighted by Gasteiger charge is -2.20. The smallest absolute Gasteiger partial charge is 0.259 e. The maximum atomic E-state index is 12.5. The second-order valence-corrected chi connectivity index (χ2v) is 4.68. The van der Waals surface area contributed by atoms with Gasteiger partial charge < -0.3 is 15.4 Å². The van der Waals surface area contributed by atoms with Crippen LogP contribution in [0.2, 0.25) is 5.02 Å². The molecule has 0 unspecified atom stereocenters. The predicted octanol–water partition coefficient (Wildman–Crippen LogP) is 3.21. The first-order chi connectivity index (χ1) is 9.54. The third kappa shape index (κ3) is 2.70. The molecule has 0 bridgehead atoms. The first kappa shape index (κ1) is 14.2. The van der Waals surface area contributed by atoms with Gasteiger partial charge in [0.1, 0.15) is 5.75 Å². The van der Waals surface area contributed by atoms with Gasteiger partial charge in [0, 0.05) is 12.7 Å². The molecular weight excluding hydrogens is 276 g/mol. The lowest BCUT2D eigenvalue weighted by molar-refractivity contribution is 0.0992. The van der Waals surface area contributed by atoms with Crippen LogP contribution in [-0.4, -0.2) is 20.1 Å². The van der Waals surface area contributed by atoms with Crippen molar-refractivity contribution in [3.63, 3.8) is 0 Å². The van der Waals surface area contributed by atoms with Gasteiger partial charge in [0.25, 0.3) is 5.91 Å². The minimum Gasteiger partial charge on any atom is -0.495 e. The minimum atomic E-state index is -0.223. The van der Waals surface area contributed by atoms with E-state index in [0.29, 0.717) is 27.7 Å². The number of anilines is 2. The fourth-order valence-corrected chi connectivity index (χ4v) is 2.17. The van der Waals surface area contributed by atoms with E-state index in [9.17, 15) is 4.79 Å². The number of methoxy groups -OCH3 is 1. The summed E-state index contributed by atoms with van der Waals surface area (Å²) in [7, 11) is 3.24. The van der Waals surface area contributed by atoms with E-state index in [-0.39, 0.29) is 5.91 Å². The van der Waals surface area contributed by atoms with Gasteiger partial charge in [0.2, 0.25) is 0 Å². The van der Waals surface area contributed by atoms with Crippen molar-refractivity contribution in [2.24, 2.45) is 0 Å².